The van der Waals surface area contributed by atoms with Crippen molar-refractivity contribution in [3.8, 4) is 22.5 Å². The standard InChI is InChI=1S/C28H25NO5/c1-18-25(17-27(32)33-19(2)21-6-4-3-5-7-21)28(34-29-18)24-14-12-23(13-15-24)22-10-8-20(9-11-22)16-26(30)31/h3-15,19H,16-17H2,1-2H3,(H,30,31). The lowest BCUT2D eigenvalue weighted by Crippen LogP contribution is -2.12. The van der Waals surface area contributed by atoms with Crippen molar-refractivity contribution >= 4 is 11.9 Å². The second-order valence-electron chi connectivity index (χ2n) is 8.14. The average molecular weight is 456 g/mol. The Hall–Kier alpha value is -4.19. The Kier molecular flexibility index (Phi) is 6.87. The molecule has 4 aromatic rings. The number of nitrogens with zero attached hydrogens (tertiary/aromatic N) is 1. The van der Waals surface area contributed by atoms with Crippen LogP contribution in [0.3, 0.4) is 0 Å². The van der Waals surface area contributed by atoms with Gasteiger partial charge in [0.05, 0.1) is 18.5 Å². The molecule has 4 rings (SSSR count). The first-order chi connectivity index (χ1) is 16.4. The van der Waals surface area contributed by atoms with Gasteiger partial charge in [-0.1, -0.05) is 84.0 Å². The van der Waals surface area contributed by atoms with Gasteiger partial charge in [0.2, 0.25) is 0 Å². The van der Waals surface area contributed by atoms with E-state index in [1.165, 1.54) is 0 Å². The van der Waals surface area contributed by atoms with Crippen LogP contribution in [0, 0.1) is 6.92 Å². The molecule has 6 heteroatoms. The van der Waals surface area contributed by atoms with Crippen molar-refractivity contribution in [3.05, 3.63) is 101 Å². The van der Waals surface area contributed by atoms with Crippen molar-refractivity contribution in [2.24, 2.45) is 0 Å². The van der Waals surface area contributed by atoms with Gasteiger partial charge in [0.1, 0.15) is 6.10 Å². The molecule has 1 heterocycles. The van der Waals surface area contributed by atoms with Gasteiger partial charge >= 0.3 is 11.9 Å². The highest BCUT2D eigenvalue weighted by Gasteiger charge is 2.20. The SMILES string of the molecule is Cc1noc(-c2ccc(-c3ccc(CC(=O)O)cc3)cc2)c1CC(=O)OC(C)c1ccccc1. The lowest BCUT2D eigenvalue weighted by molar-refractivity contribution is -0.147. The minimum Gasteiger partial charge on any atom is -0.481 e. The van der Waals surface area contributed by atoms with E-state index in [9.17, 15) is 9.59 Å². The normalized spacial score (nSPS) is 11.7. The molecule has 172 valence electrons. The summed E-state index contributed by atoms with van der Waals surface area (Å²) in [5.74, 6) is -0.652. The van der Waals surface area contributed by atoms with E-state index in [1.807, 2.05) is 92.7 Å². The van der Waals surface area contributed by atoms with Gasteiger partial charge < -0.3 is 14.4 Å². The zero-order valence-corrected chi connectivity index (χ0v) is 19.0. The highest BCUT2D eigenvalue weighted by Crippen LogP contribution is 2.30. The van der Waals surface area contributed by atoms with Crippen molar-refractivity contribution in [2.75, 3.05) is 0 Å². The van der Waals surface area contributed by atoms with Crippen LogP contribution >= 0.6 is 0 Å². The second-order valence-corrected chi connectivity index (χ2v) is 8.14. The predicted octanol–water partition coefficient (Wildman–Crippen LogP) is 5.79. The van der Waals surface area contributed by atoms with Crippen molar-refractivity contribution < 1.29 is 24.0 Å². The van der Waals surface area contributed by atoms with Gasteiger partial charge in [-0.2, -0.15) is 0 Å². The van der Waals surface area contributed by atoms with Gasteiger partial charge in [0.15, 0.2) is 5.76 Å². The number of benzene rings is 3. The number of esters is 1. The van der Waals surface area contributed by atoms with Crippen LogP contribution in [0.15, 0.2) is 83.4 Å². The third-order valence-corrected chi connectivity index (χ3v) is 5.67. The zero-order chi connectivity index (χ0) is 24.1. The topological polar surface area (TPSA) is 89.6 Å². The van der Waals surface area contributed by atoms with Gasteiger partial charge in [-0.05, 0) is 36.1 Å². The summed E-state index contributed by atoms with van der Waals surface area (Å²) in [4.78, 5) is 23.5. The molecule has 0 saturated heterocycles. The summed E-state index contributed by atoms with van der Waals surface area (Å²) in [6, 6.07) is 24.8. The lowest BCUT2D eigenvalue weighted by Gasteiger charge is -2.13. The lowest BCUT2D eigenvalue weighted by atomic mass is 9.99. The Bertz CT molecular complexity index is 1270. The number of hydrogen-bond donors (Lipinski definition) is 1. The van der Waals surface area contributed by atoms with Crippen molar-refractivity contribution in [1.29, 1.82) is 0 Å². The molecule has 1 aromatic heterocycles. The van der Waals surface area contributed by atoms with Crippen LogP contribution in [0.5, 0.6) is 0 Å². The molecule has 1 unspecified atom stereocenters. The Morgan fingerprint density at radius 3 is 2.09 bits per heavy atom. The van der Waals surface area contributed by atoms with Crippen molar-refractivity contribution in [1.82, 2.24) is 5.16 Å². The summed E-state index contributed by atoms with van der Waals surface area (Å²) < 4.78 is 11.2. The minimum atomic E-state index is -0.853. The van der Waals surface area contributed by atoms with E-state index in [1.54, 1.807) is 0 Å². The molecule has 6 nitrogen and oxygen atoms in total. The predicted molar refractivity (Wildman–Crippen MR) is 128 cm³/mol. The molecule has 3 aromatic carbocycles. The number of carboxylic acids is 1. The number of aryl methyl sites for hydroxylation is 1. The summed E-state index contributed by atoms with van der Waals surface area (Å²) >= 11 is 0. The summed E-state index contributed by atoms with van der Waals surface area (Å²) in [5.41, 5.74) is 5.82. The highest BCUT2D eigenvalue weighted by atomic mass is 16.5. The smallest absolute Gasteiger partial charge is 0.311 e. The fourth-order valence-electron chi connectivity index (χ4n) is 3.80. The van der Waals surface area contributed by atoms with Crippen molar-refractivity contribution in [3.63, 3.8) is 0 Å². The quantitative estimate of drug-likeness (QED) is 0.338. The molecular weight excluding hydrogens is 430 g/mol. The van der Waals surface area contributed by atoms with E-state index in [0.717, 1.165) is 27.8 Å². The maximum Gasteiger partial charge on any atom is 0.311 e. The monoisotopic (exact) mass is 455 g/mol. The fraction of sp³-hybridized carbons (Fsp3) is 0.179. The molecule has 34 heavy (non-hydrogen) atoms. The maximum absolute atomic E-state index is 12.6. The molecular formula is C28H25NO5. The first-order valence-electron chi connectivity index (χ1n) is 11.0. The average Bonchev–Trinajstić information content (AvgIpc) is 3.19. The van der Waals surface area contributed by atoms with Crippen LogP contribution in [0.2, 0.25) is 0 Å². The highest BCUT2D eigenvalue weighted by molar-refractivity contribution is 5.78. The third-order valence-electron chi connectivity index (χ3n) is 5.67. The molecule has 0 saturated carbocycles. The van der Waals surface area contributed by atoms with E-state index in [-0.39, 0.29) is 24.9 Å². The van der Waals surface area contributed by atoms with E-state index in [4.69, 9.17) is 14.4 Å². The Morgan fingerprint density at radius 1 is 0.882 bits per heavy atom. The van der Waals surface area contributed by atoms with E-state index in [0.29, 0.717) is 17.0 Å². The summed E-state index contributed by atoms with van der Waals surface area (Å²) in [5, 5.41) is 13.0. The van der Waals surface area contributed by atoms with Gasteiger partial charge in [-0.3, -0.25) is 9.59 Å². The van der Waals surface area contributed by atoms with Crippen LogP contribution in [0.25, 0.3) is 22.5 Å². The molecule has 0 aliphatic rings. The second kappa shape index (κ2) is 10.2. The number of carboxylic acid groups (broad SMARTS) is 1. The van der Waals surface area contributed by atoms with Crippen LogP contribution in [-0.4, -0.2) is 22.2 Å². The summed E-state index contributed by atoms with van der Waals surface area (Å²) in [6.07, 6.45) is -0.285. The van der Waals surface area contributed by atoms with Crippen LogP contribution in [-0.2, 0) is 27.2 Å². The largest absolute Gasteiger partial charge is 0.481 e. The van der Waals surface area contributed by atoms with Gasteiger partial charge in [-0.25, -0.2) is 0 Å². The molecule has 0 aliphatic carbocycles. The maximum atomic E-state index is 12.6. The van der Waals surface area contributed by atoms with Gasteiger partial charge in [-0.15, -0.1) is 0 Å². The van der Waals surface area contributed by atoms with Crippen LogP contribution in [0.4, 0.5) is 0 Å². The molecule has 0 aliphatic heterocycles. The van der Waals surface area contributed by atoms with Gasteiger partial charge in [0.25, 0.3) is 0 Å². The molecule has 0 spiro atoms. The molecule has 0 fully saturated rings. The third kappa shape index (κ3) is 5.41. The number of carbonyl (C=O) groups excluding carboxylic acids is 1. The number of ether oxygens (including phenoxy) is 1. The number of carbonyl (C=O) groups is 2. The Balaban J connectivity index is 1.48. The fourth-order valence-corrected chi connectivity index (χ4v) is 3.80. The molecule has 0 amide bonds. The number of aliphatic carboxylic acids is 1. The Morgan fingerprint density at radius 2 is 1.47 bits per heavy atom. The van der Waals surface area contributed by atoms with E-state index >= 15 is 0 Å². The first kappa shape index (κ1) is 23.0. The molecule has 0 radical (unpaired) electrons. The minimum absolute atomic E-state index is 0.000595. The van der Waals surface area contributed by atoms with E-state index < -0.39 is 5.97 Å². The Labute approximate surface area is 197 Å². The summed E-state index contributed by atoms with van der Waals surface area (Å²) in [7, 11) is 0. The first-order valence-corrected chi connectivity index (χ1v) is 11.0. The number of hydrogen-bond acceptors (Lipinski definition) is 5. The van der Waals surface area contributed by atoms with Crippen LogP contribution < -0.4 is 0 Å². The van der Waals surface area contributed by atoms with E-state index in [2.05, 4.69) is 5.16 Å². The zero-order valence-electron chi connectivity index (χ0n) is 19.0. The molecule has 1 atom stereocenters. The summed E-state index contributed by atoms with van der Waals surface area (Å²) in [6.45, 7) is 3.66. The van der Waals surface area contributed by atoms with Crippen LogP contribution in [0.1, 0.15) is 35.4 Å². The molecule has 1 N–H and O–H groups in total. The molecule has 0 bridgehead atoms. The van der Waals surface area contributed by atoms with Gasteiger partial charge in [0, 0.05) is 11.1 Å². The van der Waals surface area contributed by atoms with Crippen molar-refractivity contribution in [2.45, 2.75) is 32.8 Å². The number of rotatable bonds is 8. The number of aromatic nitrogens is 1.